The van der Waals surface area contributed by atoms with Gasteiger partial charge in [0.25, 0.3) is 0 Å². The number of anilines is 1. The minimum absolute atomic E-state index is 0.252. The highest BCUT2D eigenvalue weighted by Crippen LogP contribution is 2.30. The van der Waals surface area contributed by atoms with E-state index in [-0.39, 0.29) is 16.3 Å². The van der Waals surface area contributed by atoms with Crippen LogP contribution in [0.1, 0.15) is 23.7 Å². The summed E-state index contributed by atoms with van der Waals surface area (Å²) >= 11 is 8.01. The summed E-state index contributed by atoms with van der Waals surface area (Å²) < 4.78 is 5.35. The third-order valence-electron chi connectivity index (χ3n) is 2.27. The number of carbonyl (C=O) groups is 2. The lowest BCUT2D eigenvalue weighted by molar-refractivity contribution is 0.0600. The van der Waals surface area contributed by atoms with Crippen LogP contribution in [0.3, 0.4) is 0 Å². The van der Waals surface area contributed by atoms with Crippen molar-refractivity contribution in [2.24, 2.45) is 0 Å². The number of nitrogens with one attached hydrogen (secondary N) is 2. The molecule has 0 spiro atoms. The molecule has 2 N–H and O–H groups in total. The van der Waals surface area contributed by atoms with Crippen molar-refractivity contribution < 1.29 is 14.3 Å². The number of urea groups is 1. The Bertz CT molecular complexity index is 494. The zero-order valence-corrected chi connectivity index (χ0v) is 13.5. The highest BCUT2D eigenvalue weighted by Gasteiger charge is 2.20. The van der Waals surface area contributed by atoms with E-state index < -0.39 is 12.0 Å². The minimum atomic E-state index is -0.544. The number of rotatable bonds is 4. The Labute approximate surface area is 130 Å². The Morgan fingerprint density at radius 1 is 1.42 bits per heavy atom. The maximum Gasteiger partial charge on any atom is 0.341 e. The van der Waals surface area contributed by atoms with Crippen LogP contribution in [0.5, 0.6) is 0 Å². The molecule has 0 saturated heterocycles. The fourth-order valence-electron chi connectivity index (χ4n) is 1.37. The van der Waals surface area contributed by atoms with E-state index in [1.165, 1.54) is 7.11 Å². The number of halogens is 2. The molecule has 1 aromatic rings. The molecule has 5 nitrogen and oxygen atoms in total. The molecular formula is C12H14ClIN2O3. The second-order valence-corrected chi connectivity index (χ2v) is 5.22. The van der Waals surface area contributed by atoms with Gasteiger partial charge in [-0.15, -0.1) is 0 Å². The fraction of sp³-hybridized carbons (Fsp3) is 0.333. The van der Waals surface area contributed by atoms with Gasteiger partial charge in [0.2, 0.25) is 0 Å². The van der Waals surface area contributed by atoms with Gasteiger partial charge in [0.05, 0.1) is 23.4 Å². The Kier molecular flexibility index (Phi) is 6.36. The molecule has 0 radical (unpaired) electrons. The van der Waals surface area contributed by atoms with Crippen LogP contribution >= 0.6 is 34.2 Å². The van der Waals surface area contributed by atoms with E-state index in [1.54, 1.807) is 12.1 Å². The van der Waals surface area contributed by atoms with Gasteiger partial charge in [-0.2, -0.15) is 0 Å². The highest BCUT2D eigenvalue weighted by molar-refractivity contribution is 14.1. The average Bonchev–Trinajstić information content (AvgIpc) is 2.40. The van der Waals surface area contributed by atoms with Crippen molar-refractivity contribution in [2.75, 3.05) is 19.0 Å². The van der Waals surface area contributed by atoms with Gasteiger partial charge in [0.15, 0.2) is 0 Å². The summed E-state index contributed by atoms with van der Waals surface area (Å²) in [7, 11) is 1.28. The van der Waals surface area contributed by atoms with Crippen molar-refractivity contribution in [3.63, 3.8) is 0 Å². The van der Waals surface area contributed by atoms with Gasteiger partial charge in [0.1, 0.15) is 0 Å². The van der Waals surface area contributed by atoms with Crippen LogP contribution in [0, 0.1) is 3.57 Å². The van der Waals surface area contributed by atoms with Crippen molar-refractivity contribution >= 4 is 51.9 Å². The van der Waals surface area contributed by atoms with E-state index in [2.05, 4.69) is 10.6 Å². The Hall–Kier alpha value is -1.02. The second-order valence-electron chi connectivity index (χ2n) is 3.65. The highest BCUT2D eigenvalue weighted by atomic mass is 127. The quantitative estimate of drug-likeness (QED) is 0.606. The molecular weight excluding hydrogens is 383 g/mol. The number of methoxy groups -OCH3 is 1. The van der Waals surface area contributed by atoms with E-state index in [9.17, 15) is 9.59 Å². The molecule has 1 rings (SSSR count). The number of ether oxygens (including phenoxy) is 1. The number of esters is 1. The van der Waals surface area contributed by atoms with Crippen LogP contribution in [0.4, 0.5) is 10.5 Å². The van der Waals surface area contributed by atoms with Gasteiger partial charge in [-0.3, -0.25) is 0 Å². The second kappa shape index (κ2) is 7.54. The SMILES string of the molecule is CCCNC(=O)Nc1c(Cl)ccc(I)c1C(=O)OC. The van der Waals surface area contributed by atoms with E-state index in [4.69, 9.17) is 16.3 Å². The summed E-state index contributed by atoms with van der Waals surface area (Å²) in [5, 5.41) is 5.52. The maximum atomic E-state index is 11.7. The molecule has 7 heteroatoms. The Morgan fingerprint density at radius 2 is 2.11 bits per heavy atom. The van der Waals surface area contributed by atoms with Gasteiger partial charge in [0, 0.05) is 10.1 Å². The largest absolute Gasteiger partial charge is 0.465 e. The normalized spacial score (nSPS) is 9.89. The first-order chi connectivity index (χ1) is 9.01. The van der Waals surface area contributed by atoms with Crippen LogP contribution in [-0.2, 0) is 4.74 Å². The fourth-order valence-corrected chi connectivity index (χ4v) is 2.25. The topological polar surface area (TPSA) is 67.4 Å². The molecule has 0 unspecified atom stereocenters. The standard InChI is InChI=1S/C12H14ClIN2O3/c1-3-6-15-12(18)16-10-7(13)4-5-8(14)9(10)11(17)19-2/h4-5H,3,6H2,1-2H3,(H2,15,16,18). The third kappa shape index (κ3) is 4.24. The predicted octanol–water partition coefficient (Wildman–Crippen LogP) is 3.26. The molecule has 0 aliphatic rings. The lowest BCUT2D eigenvalue weighted by atomic mass is 10.2. The number of amides is 2. The van der Waals surface area contributed by atoms with Crippen LogP contribution < -0.4 is 10.6 Å². The molecule has 2 amide bonds. The maximum absolute atomic E-state index is 11.7. The lowest BCUT2D eigenvalue weighted by Gasteiger charge is -2.13. The molecule has 104 valence electrons. The van der Waals surface area contributed by atoms with Crippen LogP contribution in [0.25, 0.3) is 0 Å². The van der Waals surface area contributed by atoms with Gasteiger partial charge in [-0.25, -0.2) is 9.59 Å². The first kappa shape index (κ1) is 16.0. The van der Waals surface area contributed by atoms with Crippen molar-refractivity contribution in [3.8, 4) is 0 Å². The summed E-state index contributed by atoms with van der Waals surface area (Å²) in [5.41, 5.74) is 0.510. The van der Waals surface area contributed by atoms with Crippen molar-refractivity contribution in [2.45, 2.75) is 13.3 Å². The van der Waals surface area contributed by atoms with E-state index in [1.807, 2.05) is 29.5 Å². The number of benzene rings is 1. The number of carbonyl (C=O) groups excluding carboxylic acids is 2. The summed E-state index contributed by atoms with van der Waals surface area (Å²) in [5.74, 6) is -0.544. The molecule has 0 bridgehead atoms. The average molecular weight is 397 g/mol. The van der Waals surface area contributed by atoms with E-state index >= 15 is 0 Å². The minimum Gasteiger partial charge on any atom is -0.465 e. The van der Waals surface area contributed by atoms with Gasteiger partial charge < -0.3 is 15.4 Å². The third-order valence-corrected chi connectivity index (χ3v) is 3.48. The number of hydrogen-bond acceptors (Lipinski definition) is 3. The Morgan fingerprint density at radius 3 is 2.68 bits per heavy atom. The zero-order chi connectivity index (χ0) is 14.4. The molecule has 0 aliphatic carbocycles. The van der Waals surface area contributed by atoms with Crippen LogP contribution in [-0.4, -0.2) is 25.7 Å². The van der Waals surface area contributed by atoms with Crippen LogP contribution in [0.15, 0.2) is 12.1 Å². The van der Waals surface area contributed by atoms with Crippen LogP contribution in [0.2, 0.25) is 5.02 Å². The van der Waals surface area contributed by atoms with Crippen molar-refractivity contribution in [3.05, 3.63) is 26.3 Å². The van der Waals surface area contributed by atoms with E-state index in [0.29, 0.717) is 10.1 Å². The predicted molar refractivity (Wildman–Crippen MR) is 82.8 cm³/mol. The number of hydrogen-bond donors (Lipinski definition) is 2. The van der Waals surface area contributed by atoms with E-state index in [0.717, 1.165) is 6.42 Å². The summed E-state index contributed by atoms with van der Waals surface area (Å²) in [6, 6.07) is 2.89. The molecule has 0 saturated carbocycles. The molecule has 0 aromatic heterocycles. The zero-order valence-electron chi connectivity index (χ0n) is 10.5. The first-order valence-electron chi connectivity index (χ1n) is 5.62. The summed E-state index contributed by atoms with van der Waals surface area (Å²) in [4.78, 5) is 23.4. The lowest BCUT2D eigenvalue weighted by Crippen LogP contribution is -2.30. The Balaban J connectivity index is 3.07. The van der Waals surface area contributed by atoms with Gasteiger partial charge in [-0.1, -0.05) is 18.5 Å². The molecule has 19 heavy (non-hydrogen) atoms. The van der Waals surface area contributed by atoms with Crippen molar-refractivity contribution in [1.29, 1.82) is 0 Å². The van der Waals surface area contributed by atoms with Crippen molar-refractivity contribution in [1.82, 2.24) is 5.32 Å². The molecule has 0 fully saturated rings. The molecule has 0 atom stereocenters. The molecule has 0 aliphatic heterocycles. The monoisotopic (exact) mass is 396 g/mol. The summed E-state index contributed by atoms with van der Waals surface area (Å²) in [6.07, 6.45) is 0.817. The summed E-state index contributed by atoms with van der Waals surface area (Å²) in [6.45, 7) is 2.49. The smallest absolute Gasteiger partial charge is 0.341 e. The van der Waals surface area contributed by atoms with Gasteiger partial charge >= 0.3 is 12.0 Å². The van der Waals surface area contributed by atoms with Gasteiger partial charge in [-0.05, 0) is 41.1 Å². The first-order valence-corrected chi connectivity index (χ1v) is 7.08. The molecule has 0 heterocycles. The molecule has 1 aromatic carbocycles.